The molecule has 4 heteroatoms. The van der Waals surface area contributed by atoms with Crippen LogP contribution in [-0.2, 0) is 0 Å². The SMILES string of the molecule is NCCCCNC(=O)c1ccc2cc[nH]c2c1. The summed E-state index contributed by atoms with van der Waals surface area (Å²) >= 11 is 0. The van der Waals surface area contributed by atoms with Crippen LogP contribution >= 0.6 is 0 Å². The van der Waals surface area contributed by atoms with E-state index < -0.39 is 0 Å². The molecule has 90 valence electrons. The molecule has 0 fully saturated rings. The van der Waals surface area contributed by atoms with Crippen molar-refractivity contribution in [2.75, 3.05) is 13.1 Å². The number of aromatic amines is 1. The molecule has 17 heavy (non-hydrogen) atoms. The summed E-state index contributed by atoms with van der Waals surface area (Å²) in [7, 11) is 0. The molecule has 1 aromatic carbocycles. The van der Waals surface area contributed by atoms with Gasteiger partial charge in [0, 0.05) is 23.8 Å². The second-order valence-electron chi connectivity index (χ2n) is 4.03. The molecule has 0 saturated heterocycles. The van der Waals surface area contributed by atoms with Crippen LogP contribution < -0.4 is 11.1 Å². The van der Waals surface area contributed by atoms with E-state index in [1.165, 1.54) is 0 Å². The van der Waals surface area contributed by atoms with E-state index in [0.717, 1.165) is 23.7 Å². The van der Waals surface area contributed by atoms with Gasteiger partial charge in [-0.1, -0.05) is 6.07 Å². The Bertz CT molecular complexity index is 504. The molecule has 4 N–H and O–H groups in total. The van der Waals surface area contributed by atoms with Crippen LogP contribution in [0.5, 0.6) is 0 Å². The summed E-state index contributed by atoms with van der Waals surface area (Å²) in [5.41, 5.74) is 7.06. The number of rotatable bonds is 5. The maximum absolute atomic E-state index is 11.8. The number of hydrogen-bond donors (Lipinski definition) is 3. The molecule has 0 spiro atoms. The molecule has 0 bridgehead atoms. The monoisotopic (exact) mass is 231 g/mol. The van der Waals surface area contributed by atoms with Gasteiger partial charge in [-0.2, -0.15) is 0 Å². The van der Waals surface area contributed by atoms with E-state index >= 15 is 0 Å². The first-order valence-electron chi connectivity index (χ1n) is 5.86. The minimum absolute atomic E-state index is 0.0291. The summed E-state index contributed by atoms with van der Waals surface area (Å²) in [4.78, 5) is 14.9. The highest BCUT2D eigenvalue weighted by Crippen LogP contribution is 2.13. The maximum atomic E-state index is 11.8. The first-order chi connectivity index (χ1) is 8.31. The number of H-pyrrole nitrogens is 1. The van der Waals surface area contributed by atoms with Crippen molar-refractivity contribution < 1.29 is 4.79 Å². The number of carbonyl (C=O) groups excluding carboxylic acids is 1. The number of fused-ring (bicyclic) bond motifs is 1. The summed E-state index contributed by atoms with van der Waals surface area (Å²) in [6.45, 7) is 1.35. The Balaban J connectivity index is 1.98. The van der Waals surface area contributed by atoms with Gasteiger partial charge in [0.25, 0.3) is 5.91 Å². The van der Waals surface area contributed by atoms with E-state index in [-0.39, 0.29) is 5.91 Å². The van der Waals surface area contributed by atoms with Crippen molar-refractivity contribution in [1.29, 1.82) is 0 Å². The minimum atomic E-state index is -0.0291. The van der Waals surface area contributed by atoms with Crippen molar-refractivity contribution in [3.05, 3.63) is 36.0 Å². The van der Waals surface area contributed by atoms with Crippen LogP contribution in [0.1, 0.15) is 23.2 Å². The molecule has 0 atom stereocenters. The fraction of sp³-hybridized carbons (Fsp3) is 0.308. The van der Waals surface area contributed by atoms with Crippen LogP contribution in [0.3, 0.4) is 0 Å². The molecular weight excluding hydrogens is 214 g/mol. The molecule has 1 amide bonds. The smallest absolute Gasteiger partial charge is 0.251 e. The lowest BCUT2D eigenvalue weighted by atomic mass is 10.1. The van der Waals surface area contributed by atoms with Gasteiger partial charge < -0.3 is 16.0 Å². The van der Waals surface area contributed by atoms with E-state index in [4.69, 9.17) is 5.73 Å². The van der Waals surface area contributed by atoms with Crippen LogP contribution in [0.2, 0.25) is 0 Å². The van der Waals surface area contributed by atoms with E-state index in [1.807, 2.05) is 30.5 Å². The predicted molar refractivity (Wildman–Crippen MR) is 68.9 cm³/mol. The average Bonchev–Trinajstić information content (AvgIpc) is 2.81. The van der Waals surface area contributed by atoms with E-state index in [2.05, 4.69) is 10.3 Å². The molecule has 0 saturated carbocycles. The van der Waals surface area contributed by atoms with Crippen molar-refractivity contribution in [3.63, 3.8) is 0 Å². The Morgan fingerprint density at radius 2 is 2.18 bits per heavy atom. The number of amides is 1. The van der Waals surface area contributed by atoms with Crippen molar-refractivity contribution >= 4 is 16.8 Å². The fourth-order valence-corrected chi connectivity index (χ4v) is 1.76. The van der Waals surface area contributed by atoms with Gasteiger partial charge in [0.2, 0.25) is 0 Å². The zero-order valence-corrected chi connectivity index (χ0v) is 9.70. The normalized spacial score (nSPS) is 10.6. The molecule has 1 heterocycles. The van der Waals surface area contributed by atoms with Crippen LogP contribution in [-0.4, -0.2) is 24.0 Å². The molecule has 0 aliphatic rings. The molecule has 1 aromatic heterocycles. The van der Waals surface area contributed by atoms with Gasteiger partial charge in [-0.05, 0) is 43.0 Å². The molecule has 4 nitrogen and oxygen atoms in total. The number of hydrogen-bond acceptors (Lipinski definition) is 2. The molecule has 0 radical (unpaired) electrons. The Morgan fingerprint density at radius 3 is 3.00 bits per heavy atom. The zero-order chi connectivity index (χ0) is 12.1. The molecule has 0 aliphatic heterocycles. The van der Waals surface area contributed by atoms with Gasteiger partial charge in [-0.15, -0.1) is 0 Å². The summed E-state index contributed by atoms with van der Waals surface area (Å²) in [5, 5.41) is 4.00. The number of carbonyl (C=O) groups is 1. The largest absolute Gasteiger partial charge is 0.361 e. The van der Waals surface area contributed by atoms with Crippen LogP contribution in [0.4, 0.5) is 0 Å². The highest BCUT2D eigenvalue weighted by atomic mass is 16.1. The second kappa shape index (κ2) is 5.50. The van der Waals surface area contributed by atoms with Crippen molar-refractivity contribution in [2.45, 2.75) is 12.8 Å². The highest BCUT2D eigenvalue weighted by molar-refractivity contribution is 5.97. The summed E-state index contributed by atoms with van der Waals surface area (Å²) < 4.78 is 0. The van der Waals surface area contributed by atoms with Gasteiger partial charge in [-0.25, -0.2) is 0 Å². The molecule has 2 rings (SSSR count). The Hall–Kier alpha value is -1.81. The van der Waals surface area contributed by atoms with Crippen molar-refractivity contribution in [2.24, 2.45) is 5.73 Å². The lowest BCUT2D eigenvalue weighted by Gasteiger charge is -2.04. The third-order valence-electron chi connectivity index (χ3n) is 2.73. The number of benzene rings is 1. The number of aromatic nitrogens is 1. The van der Waals surface area contributed by atoms with Crippen molar-refractivity contribution in [1.82, 2.24) is 10.3 Å². The standard InChI is InChI=1S/C13H17N3O/c14-6-1-2-7-16-13(17)11-4-3-10-5-8-15-12(10)9-11/h3-5,8-9,15H,1-2,6-7,14H2,(H,16,17). The molecule has 0 aliphatic carbocycles. The van der Waals surface area contributed by atoms with Crippen LogP contribution in [0.25, 0.3) is 10.9 Å². The molecule has 0 unspecified atom stereocenters. The van der Waals surface area contributed by atoms with Gasteiger partial charge in [-0.3, -0.25) is 4.79 Å². The Labute approximate surface area is 100 Å². The third-order valence-corrected chi connectivity index (χ3v) is 2.73. The lowest BCUT2D eigenvalue weighted by Crippen LogP contribution is -2.24. The minimum Gasteiger partial charge on any atom is -0.361 e. The van der Waals surface area contributed by atoms with Crippen LogP contribution in [0, 0.1) is 0 Å². The van der Waals surface area contributed by atoms with Crippen LogP contribution in [0.15, 0.2) is 30.5 Å². The summed E-state index contributed by atoms with van der Waals surface area (Å²) in [5.74, 6) is -0.0291. The molecular formula is C13H17N3O. The first kappa shape index (κ1) is 11.7. The lowest BCUT2D eigenvalue weighted by molar-refractivity contribution is 0.0953. The van der Waals surface area contributed by atoms with E-state index in [1.54, 1.807) is 0 Å². The van der Waals surface area contributed by atoms with Gasteiger partial charge in [0.1, 0.15) is 0 Å². The quantitative estimate of drug-likeness (QED) is 0.684. The third kappa shape index (κ3) is 2.85. The van der Waals surface area contributed by atoms with Gasteiger partial charge in [0.05, 0.1) is 0 Å². The summed E-state index contributed by atoms with van der Waals surface area (Å²) in [6, 6.07) is 7.64. The number of unbranched alkanes of at least 4 members (excludes halogenated alkanes) is 1. The van der Waals surface area contributed by atoms with Gasteiger partial charge in [0.15, 0.2) is 0 Å². The molecule has 2 aromatic rings. The number of nitrogens with two attached hydrogens (primary N) is 1. The van der Waals surface area contributed by atoms with E-state index in [9.17, 15) is 4.79 Å². The number of nitrogens with one attached hydrogen (secondary N) is 2. The van der Waals surface area contributed by atoms with E-state index in [0.29, 0.717) is 18.7 Å². The fourth-order valence-electron chi connectivity index (χ4n) is 1.76. The highest BCUT2D eigenvalue weighted by Gasteiger charge is 2.05. The average molecular weight is 231 g/mol. The van der Waals surface area contributed by atoms with Gasteiger partial charge >= 0.3 is 0 Å². The Kier molecular flexibility index (Phi) is 3.77. The predicted octanol–water partition coefficient (Wildman–Crippen LogP) is 1.64. The first-order valence-corrected chi connectivity index (χ1v) is 5.86. The maximum Gasteiger partial charge on any atom is 0.251 e. The summed E-state index contributed by atoms with van der Waals surface area (Å²) in [6.07, 6.45) is 3.73. The topological polar surface area (TPSA) is 70.9 Å². The zero-order valence-electron chi connectivity index (χ0n) is 9.70. The second-order valence-corrected chi connectivity index (χ2v) is 4.03. The van der Waals surface area contributed by atoms with Crippen molar-refractivity contribution in [3.8, 4) is 0 Å². The Morgan fingerprint density at radius 1 is 1.29 bits per heavy atom.